The molecule has 0 aliphatic carbocycles. The van der Waals surface area contributed by atoms with Crippen LogP contribution >= 0.6 is 0 Å². The number of aryl methyl sites for hydroxylation is 4. The Bertz CT molecular complexity index is 667. The van der Waals surface area contributed by atoms with Crippen LogP contribution in [0.1, 0.15) is 27.8 Å². The maximum Gasteiger partial charge on any atom is 0.228 e. The van der Waals surface area contributed by atoms with Gasteiger partial charge in [-0.1, -0.05) is 18.2 Å². The predicted octanol–water partition coefficient (Wildman–Crippen LogP) is 3.68. The molecule has 0 spiro atoms. The van der Waals surface area contributed by atoms with Crippen molar-refractivity contribution in [1.82, 2.24) is 0 Å². The Morgan fingerprint density at radius 2 is 1.57 bits per heavy atom. The molecule has 0 bridgehead atoms. The topological polar surface area (TPSA) is 55.1 Å². The van der Waals surface area contributed by atoms with Gasteiger partial charge in [0, 0.05) is 11.4 Å². The number of nitrogens with one attached hydrogen (secondary N) is 1. The highest BCUT2D eigenvalue weighted by Crippen LogP contribution is 2.23. The molecule has 0 radical (unpaired) electrons. The summed E-state index contributed by atoms with van der Waals surface area (Å²) in [4.78, 5) is 12.2. The number of anilines is 2. The molecule has 0 atom stereocenters. The first-order valence-corrected chi connectivity index (χ1v) is 7.09. The quantitative estimate of drug-likeness (QED) is 0.844. The molecular weight excluding hydrogens is 260 g/mol. The first kappa shape index (κ1) is 15.1. The van der Waals surface area contributed by atoms with E-state index in [4.69, 9.17) is 5.73 Å². The highest BCUT2D eigenvalue weighted by molar-refractivity contribution is 5.94. The Kier molecular flexibility index (Phi) is 4.32. The van der Waals surface area contributed by atoms with Crippen molar-refractivity contribution in [2.45, 2.75) is 34.1 Å². The van der Waals surface area contributed by atoms with E-state index in [0.29, 0.717) is 6.42 Å². The largest absolute Gasteiger partial charge is 0.399 e. The molecule has 2 aromatic rings. The Morgan fingerprint density at radius 3 is 2.14 bits per heavy atom. The molecule has 1 amide bonds. The number of hydrogen-bond acceptors (Lipinski definition) is 2. The van der Waals surface area contributed by atoms with E-state index in [-0.39, 0.29) is 5.91 Å². The van der Waals surface area contributed by atoms with Gasteiger partial charge in [-0.05, 0) is 67.6 Å². The van der Waals surface area contributed by atoms with Crippen LogP contribution in [0.25, 0.3) is 0 Å². The number of amides is 1. The standard InChI is InChI=1S/C18H22N2O/c1-11-5-6-15(7-12(11)2)10-17(21)20-18-13(3)8-16(19)9-14(18)4/h5-9H,10,19H2,1-4H3,(H,20,21). The third-order valence-electron chi connectivity index (χ3n) is 3.76. The number of benzene rings is 2. The smallest absolute Gasteiger partial charge is 0.228 e. The molecule has 0 aromatic heterocycles. The average Bonchev–Trinajstić information content (AvgIpc) is 2.38. The zero-order chi connectivity index (χ0) is 15.6. The lowest BCUT2D eigenvalue weighted by Crippen LogP contribution is -2.16. The first-order chi connectivity index (χ1) is 9.86. The highest BCUT2D eigenvalue weighted by atomic mass is 16.1. The summed E-state index contributed by atoms with van der Waals surface area (Å²) in [7, 11) is 0. The van der Waals surface area contributed by atoms with E-state index < -0.39 is 0 Å². The summed E-state index contributed by atoms with van der Waals surface area (Å²) in [6.07, 6.45) is 0.379. The SMILES string of the molecule is Cc1ccc(CC(=O)Nc2c(C)cc(N)cc2C)cc1C. The van der Waals surface area contributed by atoms with Crippen molar-refractivity contribution in [3.05, 3.63) is 58.1 Å². The van der Waals surface area contributed by atoms with Crippen LogP contribution in [0.15, 0.2) is 30.3 Å². The highest BCUT2D eigenvalue weighted by Gasteiger charge is 2.09. The fourth-order valence-corrected chi connectivity index (χ4v) is 2.48. The van der Waals surface area contributed by atoms with Crippen LogP contribution < -0.4 is 11.1 Å². The fraction of sp³-hybridized carbons (Fsp3) is 0.278. The van der Waals surface area contributed by atoms with Crippen LogP contribution in [0.3, 0.4) is 0 Å². The van der Waals surface area contributed by atoms with E-state index in [1.54, 1.807) is 0 Å². The predicted molar refractivity (Wildman–Crippen MR) is 88.6 cm³/mol. The minimum atomic E-state index is -0.00535. The average molecular weight is 282 g/mol. The first-order valence-electron chi connectivity index (χ1n) is 7.09. The van der Waals surface area contributed by atoms with Crippen molar-refractivity contribution < 1.29 is 4.79 Å². The maximum absolute atomic E-state index is 12.2. The van der Waals surface area contributed by atoms with Gasteiger partial charge in [0.1, 0.15) is 0 Å². The molecular formula is C18H22N2O. The lowest BCUT2D eigenvalue weighted by Gasteiger charge is -2.13. The minimum absolute atomic E-state index is 0.00535. The lowest BCUT2D eigenvalue weighted by atomic mass is 10.0. The van der Waals surface area contributed by atoms with Gasteiger partial charge < -0.3 is 11.1 Å². The molecule has 0 saturated heterocycles. The van der Waals surface area contributed by atoms with Crippen molar-refractivity contribution in [3.63, 3.8) is 0 Å². The van der Waals surface area contributed by atoms with Crippen LogP contribution in [-0.2, 0) is 11.2 Å². The van der Waals surface area contributed by atoms with Gasteiger partial charge in [-0.2, -0.15) is 0 Å². The maximum atomic E-state index is 12.2. The van der Waals surface area contributed by atoms with Crippen molar-refractivity contribution >= 4 is 17.3 Å². The summed E-state index contributed by atoms with van der Waals surface area (Å²) in [6, 6.07) is 9.87. The second kappa shape index (κ2) is 6.00. The summed E-state index contributed by atoms with van der Waals surface area (Å²) in [5, 5.41) is 2.99. The molecule has 0 aliphatic rings. The molecule has 2 rings (SSSR count). The van der Waals surface area contributed by atoms with Gasteiger partial charge in [0.25, 0.3) is 0 Å². The van der Waals surface area contributed by atoms with E-state index in [1.165, 1.54) is 11.1 Å². The molecule has 2 aromatic carbocycles. The van der Waals surface area contributed by atoms with Gasteiger partial charge in [-0.25, -0.2) is 0 Å². The fourth-order valence-electron chi connectivity index (χ4n) is 2.48. The number of nitrogens with two attached hydrogens (primary N) is 1. The summed E-state index contributed by atoms with van der Waals surface area (Å²) in [5.74, 6) is -0.00535. The molecule has 3 nitrogen and oxygen atoms in total. The van der Waals surface area contributed by atoms with Crippen molar-refractivity contribution in [1.29, 1.82) is 0 Å². The van der Waals surface area contributed by atoms with E-state index in [2.05, 4.69) is 31.3 Å². The van der Waals surface area contributed by atoms with Crippen molar-refractivity contribution in [3.8, 4) is 0 Å². The van der Waals surface area contributed by atoms with Crippen LogP contribution in [0.5, 0.6) is 0 Å². The Hall–Kier alpha value is -2.29. The van der Waals surface area contributed by atoms with Crippen LogP contribution in [0.2, 0.25) is 0 Å². The van der Waals surface area contributed by atoms with Gasteiger partial charge in [-0.15, -0.1) is 0 Å². The second-order valence-corrected chi connectivity index (χ2v) is 5.67. The summed E-state index contributed by atoms with van der Waals surface area (Å²) in [6.45, 7) is 8.04. The molecule has 0 aliphatic heterocycles. The van der Waals surface area contributed by atoms with Gasteiger partial charge >= 0.3 is 0 Å². The number of carbonyl (C=O) groups excluding carboxylic acids is 1. The molecule has 0 fully saturated rings. The normalized spacial score (nSPS) is 10.5. The minimum Gasteiger partial charge on any atom is -0.399 e. The van der Waals surface area contributed by atoms with E-state index in [9.17, 15) is 4.79 Å². The Labute approximate surface area is 126 Å². The molecule has 3 heteroatoms. The number of nitrogen functional groups attached to an aromatic ring is 1. The van der Waals surface area contributed by atoms with Crippen LogP contribution in [0.4, 0.5) is 11.4 Å². The van der Waals surface area contributed by atoms with Gasteiger partial charge in [0.15, 0.2) is 0 Å². The van der Waals surface area contributed by atoms with Crippen molar-refractivity contribution in [2.75, 3.05) is 11.1 Å². The Morgan fingerprint density at radius 1 is 0.952 bits per heavy atom. The molecule has 21 heavy (non-hydrogen) atoms. The third kappa shape index (κ3) is 3.63. The second-order valence-electron chi connectivity index (χ2n) is 5.67. The van der Waals surface area contributed by atoms with E-state index in [1.807, 2.05) is 32.0 Å². The van der Waals surface area contributed by atoms with Gasteiger partial charge in [0.2, 0.25) is 5.91 Å². The van der Waals surface area contributed by atoms with Crippen molar-refractivity contribution in [2.24, 2.45) is 0 Å². The van der Waals surface area contributed by atoms with Gasteiger partial charge in [0.05, 0.1) is 6.42 Å². The van der Waals surface area contributed by atoms with Gasteiger partial charge in [-0.3, -0.25) is 4.79 Å². The number of rotatable bonds is 3. The van der Waals surface area contributed by atoms with Crippen LogP contribution in [0, 0.1) is 27.7 Å². The molecule has 0 unspecified atom stereocenters. The summed E-state index contributed by atoms with van der Waals surface area (Å²) in [5.41, 5.74) is 12.8. The van der Waals surface area contributed by atoms with E-state index >= 15 is 0 Å². The zero-order valence-electron chi connectivity index (χ0n) is 13.1. The van der Waals surface area contributed by atoms with Crippen LogP contribution in [-0.4, -0.2) is 5.91 Å². The molecule has 110 valence electrons. The lowest BCUT2D eigenvalue weighted by molar-refractivity contribution is -0.115. The monoisotopic (exact) mass is 282 g/mol. The summed E-state index contributed by atoms with van der Waals surface area (Å²) >= 11 is 0. The molecule has 3 N–H and O–H groups in total. The zero-order valence-corrected chi connectivity index (χ0v) is 13.1. The number of hydrogen-bond donors (Lipinski definition) is 2. The molecule has 0 saturated carbocycles. The number of carbonyl (C=O) groups is 1. The Balaban J connectivity index is 2.13. The summed E-state index contributed by atoms with van der Waals surface area (Å²) < 4.78 is 0. The van der Waals surface area contributed by atoms with E-state index in [0.717, 1.165) is 28.1 Å². The third-order valence-corrected chi connectivity index (χ3v) is 3.76. The molecule has 0 heterocycles.